The minimum atomic E-state index is -4.25. The smallest absolute Gasteiger partial charge is 0.410 e. The molecule has 0 aliphatic carbocycles. The quantitative estimate of drug-likeness (QED) is 0.537. The molecule has 0 aromatic heterocycles. The van der Waals surface area contributed by atoms with E-state index in [1.807, 2.05) is 19.6 Å². The lowest BCUT2D eigenvalue weighted by Crippen LogP contribution is -2.38. The maximum absolute atomic E-state index is 12.5. The third-order valence-corrected chi connectivity index (χ3v) is 3.30. The molecule has 0 aromatic carbocycles. The van der Waals surface area contributed by atoms with Gasteiger partial charge in [-0.05, 0) is 19.6 Å². The molecule has 0 unspecified atom stereocenters. The van der Waals surface area contributed by atoms with Crippen LogP contribution in [-0.2, 0) is 18.0 Å². The van der Waals surface area contributed by atoms with Crippen molar-refractivity contribution in [1.29, 1.82) is 0 Å². The van der Waals surface area contributed by atoms with Crippen molar-refractivity contribution >= 4 is 16.2 Å². The van der Waals surface area contributed by atoms with E-state index >= 15 is 0 Å². The summed E-state index contributed by atoms with van der Waals surface area (Å²) >= 11 is 0. The zero-order valence-electron chi connectivity index (χ0n) is 7.95. The summed E-state index contributed by atoms with van der Waals surface area (Å²) in [4.78, 5) is 0. The Balaban J connectivity index is 2.38. The maximum atomic E-state index is 12.5. The van der Waals surface area contributed by atoms with Gasteiger partial charge in [0, 0.05) is 0 Å². The molecule has 4 nitrogen and oxygen atoms in total. The first-order valence-corrected chi connectivity index (χ1v) is 8.89. The first kappa shape index (κ1) is 11.3. The van der Waals surface area contributed by atoms with Gasteiger partial charge in [0.1, 0.15) is 0 Å². The Labute approximate surface area is 78.2 Å². The molecule has 1 heterocycles. The van der Waals surface area contributed by atoms with Gasteiger partial charge in [0.05, 0.1) is 19.3 Å². The van der Waals surface area contributed by atoms with Gasteiger partial charge in [0.15, 0.2) is 8.32 Å². The van der Waals surface area contributed by atoms with Gasteiger partial charge in [-0.2, -0.15) is 0 Å². The van der Waals surface area contributed by atoms with Gasteiger partial charge in [-0.25, -0.2) is 4.57 Å². The molecule has 1 rings (SSSR count). The van der Waals surface area contributed by atoms with E-state index in [9.17, 15) is 8.76 Å². The Morgan fingerprint density at radius 2 is 1.85 bits per heavy atom. The second kappa shape index (κ2) is 3.79. The molecule has 1 fully saturated rings. The van der Waals surface area contributed by atoms with E-state index in [2.05, 4.69) is 9.05 Å². The van der Waals surface area contributed by atoms with Crippen LogP contribution < -0.4 is 0 Å². The molecular formula is C6H14FO4PSi. The predicted octanol–water partition coefficient (Wildman–Crippen LogP) is 2.33. The van der Waals surface area contributed by atoms with Crippen molar-refractivity contribution in [3.8, 4) is 0 Å². The molecule has 1 aliphatic heterocycles. The monoisotopic (exact) mass is 228 g/mol. The summed E-state index contributed by atoms with van der Waals surface area (Å²) in [6.07, 6.45) is -0.288. The molecular weight excluding hydrogens is 214 g/mol. The number of hydrogen-bond acceptors (Lipinski definition) is 4. The molecule has 1 aliphatic rings. The van der Waals surface area contributed by atoms with Crippen molar-refractivity contribution in [3.63, 3.8) is 0 Å². The molecule has 1 saturated heterocycles. The van der Waals surface area contributed by atoms with Crippen LogP contribution in [0.2, 0.25) is 19.6 Å². The molecule has 0 aromatic rings. The van der Waals surface area contributed by atoms with E-state index in [1.54, 1.807) is 0 Å². The lowest BCUT2D eigenvalue weighted by Gasteiger charge is -2.29. The molecule has 0 atom stereocenters. The molecule has 13 heavy (non-hydrogen) atoms. The molecule has 0 radical (unpaired) electrons. The summed E-state index contributed by atoms with van der Waals surface area (Å²) in [5.74, 6) is 0. The molecule has 0 amide bonds. The summed E-state index contributed by atoms with van der Waals surface area (Å²) < 4.78 is 37.5. The third-order valence-electron chi connectivity index (χ3n) is 1.35. The van der Waals surface area contributed by atoms with Gasteiger partial charge >= 0.3 is 7.91 Å². The lowest BCUT2D eigenvalue weighted by atomic mass is 10.4. The fourth-order valence-corrected chi connectivity index (χ4v) is 2.90. The van der Waals surface area contributed by atoms with E-state index in [0.29, 0.717) is 0 Å². The molecule has 0 saturated carbocycles. The average Bonchev–Trinajstić information content (AvgIpc) is 1.91. The number of hydrogen-bond donors (Lipinski definition) is 0. The largest absolute Gasteiger partial charge is 0.513 e. The first-order chi connectivity index (χ1) is 5.79. The summed E-state index contributed by atoms with van der Waals surface area (Å²) in [6, 6.07) is 0. The van der Waals surface area contributed by atoms with Gasteiger partial charge in [-0.15, -0.1) is 4.20 Å². The van der Waals surface area contributed by atoms with Crippen molar-refractivity contribution in [2.75, 3.05) is 13.2 Å². The van der Waals surface area contributed by atoms with Crippen LogP contribution in [0.15, 0.2) is 0 Å². The van der Waals surface area contributed by atoms with Gasteiger partial charge < -0.3 is 4.43 Å². The van der Waals surface area contributed by atoms with Gasteiger partial charge in [0.2, 0.25) is 0 Å². The van der Waals surface area contributed by atoms with E-state index in [1.165, 1.54) is 0 Å². The predicted molar refractivity (Wildman–Crippen MR) is 48.8 cm³/mol. The number of halogens is 1. The topological polar surface area (TPSA) is 44.8 Å². The van der Waals surface area contributed by atoms with E-state index in [4.69, 9.17) is 4.43 Å². The van der Waals surface area contributed by atoms with Crippen LogP contribution in [0.4, 0.5) is 4.20 Å². The van der Waals surface area contributed by atoms with Crippen LogP contribution in [0.3, 0.4) is 0 Å². The Kier molecular flexibility index (Phi) is 3.30. The summed E-state index contributed by atoms with van der Waals surface area (Å²) in [5.41, 5.74) is 0. The third kappa shape index (κ3) is 4.33. The first-order valence-electron chi connectivity index (χ1n) is 4.05. The molecule has 0 N–H and O–H groups in total. The highest BCUT2D eigenvalue weighted by Gasteiger charge is 2.34. The number of rotatable bonds is 2. The van der Waals surface area contributed by atoms with E-state index in [0.717, 1.165) is 0 Å². The van der Waals surface area contributed by atoms with Crippen molar-refractivity contribution in [2.45, 2.75) is 25.7 Å². The Morgan fingerprint density at radius 3 is 2.23 bits per heavy atom. The fourth-order valence-electron chi connectivity index (χ4n) is 0.998. The summed E-state index contributed by atoms with van der Waals surface area (Å²) in [7, 11) is -5.92. The molecule has 0 spiro atoms. The second-order valence-corrected chi connectivity index (χ2v) is 9.71. The highest BCUT2D eigenvalue weighted by atomic mass is 31.2. The van der Waals surface area contributed by atoms with Crippen molar-refractivity contribution in [1.82, 2.24) is 0 Å². The SMILES string of the molecule is C[Si](C)(C)OC1COP(=O)(F)OC1. The van der Waals surface area contributed by atoms with Gasteiger partial charge in [0.25, 0.3) is 0 Å². The van der Waals surface area contributed by atoms with Crippen LogP contribution in [0.5, 0.6) is 0 Å². The minimum absolute atomic E-state index is 0.0120. The van der Waals surface area contributed by atoms with E-state index in [-0.39, 0.29) is 19.3 Å². The van der Waals surface area contributed by atoms with Gasteiger partial charge in [-0.1, -0.05) is 0 Å². The van der Waals surface area contributed by atoms with Crippen LogP contribution in [0, 0.1) is 0 Å². The second-order valence-electron chi connectivity index (χ2n) is 3.87. The molecule has 7 heteroatoms. The Morgan fingerprint density at radius 1 is 1.38 bits per heavy atom. The average molecular weight is 228 g/mol. The fraction of sp³-hybridized carbons (Fsp3) is 1.00. The van der Waals surface area contributed by atoms with Gasteiger partial charge in [-0.3, -0.25) is 9.05 Å². The maximum Gasteiger partial charge on any atom is 0.513 e. The molecule has 78 valence electrons. The van der Waals surface area contributed by atoms with Crippen LogP contribution >= 0.6 is 7.91 Å². The van der Waals surface area contributed by atoms with E-state index < -0.39 is 16.2 Å². The normalized spacial score (nSPS) is 36.2. The standard InChI is InChI=1S/C6H14FO4PSi/c1-13(2,3)11-6-4-9-12(7,8)10-5-6/h6H,4-5H2,1-3H3. The minimum Gasteiger partial charge on any atom is -0.410 e. The summed E-state index contributed by atoms with van der Waals surface area (Å²) in [5, 5.41) is 0. The Hall–Kier alpha value is 0.257. The highest BCUT2D eigenvalue weighted by molar-refractivity contribution is 7.48. The van der Waals surface area contributed by atoms with Crippen LogP contribution in [0.1, 0.15) is 0 Å². The van der Waals surface area contributed by atoms with Crippen molar-refractivity contribution < 1.29 is 22.2 Å². The molecule has 0 bridgehead atoms. The van der Waals surface area contributed by atoms with Crippen molar-refractivity contribution in [3.05, 3.63) is 0 Å². The lowest BCUT2D eigenvalue weighted by molar-refractivity contribution is 0.0143. The highest BCUT2D eigenvalue weighted by Crippen LogP contribution is 2.52. The van der Waals surface area contributed by atoms with Crippen LogP contribution in [-0.4, -0.2) is 27.6 Å². The van der Waals surface area contributed by atoms with Crippen LogP contribution in [0.25, 0.3) is 0 Å². The zero-order valence-corrected chi connectivity index (χ0v) is 9.84. The zero-order chi connectivity index (χ0) is 10.1. The summed E-state index contributed by atoms with van der Waals surface area (Å²) in [6.45, 7) is 6.06. The Bertz CT molecular complexity index is 217. The van der Waals surface area contributed by atoms with Crippen molar-refractivity contribution in [2.24, 2.45) is 0 Å².